The molecule has 0 aromatic heterocycles. The molecule has 2 aromatic rings. The smallest absolute Gasteiger partial charge is 0.124 e. The summed E-state index contributed by atoms with van der Waals surface area (Å²) in [5.74, 6) is 3.62. The van der Waals surface area contributed by atoms with Crippen LogP contribution in [0.2, 0.25) is 0 Å². The number of ether oxygens (including phenoxy) is 2. The van der Waals surface area contributed by atoms with Gasteiger partial charge in [-0.05, 0) is 85.0 Å². The van der Waals surface area contributed by atoms with Gasteiger partial charge < -0.3 is 25.0 Å². The van der Waals surface area contributed by atoms with Crippen LogP contribution in [0.4, 0.5) is 5.69 Å². The van der Waals surface area contributed by atoms with Crippen LogP contribution in [-0.4, -0.2) is 30.5 Å². The molecule has 0 unspecified atom stereocenters. The van der Waals surface area contributed by atoms with Gasteiger partial charge in [0.25, 0.3) is 0 Å². The number of hydrogen-bond acceptors (Lipinski definition) is 5. The Bertz CT molecular complexity index is 983. The number of nitrogens with one attached hydrogen (secondary N) is 1. The summed E-state index contributed by atoms with van der Waals surface area (Å²) in [6.07, 6.45) is 6.38. The van der Waals surface area contributed by atoms with Crippen molar-refractivity contribution in [1.29, 1.82) is 0 Å². The lowest BCUT2D eigenvalue weighted by molar-refractivity contribution is -0.0226. The van der Waals surface area contributed by atoms with Crippen LogP contribution in [-0.2, 0) is 13.0 Å². The number of phenolic OH excluding ortho intramolecular Hbond substituents is 1. The highest BCUT2D eigenvalue weighted by atomic mass is 16.5. The maximum absolute atomic E-state index is 10.7. The fourth-order valence-electron chi connectivity index (χ4n) is 6.88. The minimum Gasteiger partial charge on any atom is -0.508 e. The fraction of sp³-hybridized carbons (Fsp3) is 0.556. The van der Waals surface area contributed by atoms with Crippen LogP contribution in [0.25, 0.3) is 0 Å². The van der Waals surface area contributed by atoms with Gasteiger partial charge in [-0.3, -0.25) is 0 Å². The molecule has 0 heterocycles. The van der Waals surface area contributed by atoms with Gasteiger partial charge in [0.1, 0.15) is 17.2 Å². The van der Waals surface area contributed by atoms with Gasteiger partial charge in [0.2, 0.25) is 0 Å². The molecule has 2 saturated carbocycles. The Morgan fingerprint density at radius 3 is 2.47 bits per heavy atom. The molecular formula is C27H35NO4. The minimum atomic E-state index is -0.144. The second-order valence-corrected chi connectivity index (χ2v) is 10.2. The molecule has 2 fully saturated rings. The number of aryl methyl sites for hydroxylation is 1. The van der Waals surface area contributed by atoms with Gasteiger partial charge in [-0.1, -0.05) is 6.92 Å². The van der Waals surface area contributed by atoms with Crippen molar-refractivity contribution in [3.05, 3.63) is 47.0 Å². The zero-order valence-electron chi connectivity index (χ0n) is 19.4. The molecule has 0 amide bonds. The van der Waals surface area contributed by atoms with E-state index in [-0.39, 0.29) is 11.5 Å². The number of benzene rings is 2. The Kier molecular flexibility index (Phi) is 5.48. The topological polar surface area (TPSA) is 71.0 Å². The highest BCUT2D eigenvalue weighted by molar-refractivity contribution is 5.55. The van der Waals surface area contributed by atoms with Crippen molar-refractivity contribution in [2.75, 3.05) is 19.5 Å². The van der Waals surface area contributed by atoms with Crippen molar-refractivity contribution in [1.82, 2.24) is 0 Å². The fourth-order valence-corrected chi connectivity index (χ4v) is 6.88. The summed E-state index contributed by atoms with van der Waals surface area (Å²) in [7, 11) is 3.28. The number of methoxy groups -OCH3 is 2. The highest BCUT2D eigenvalue weighted by Gasteiger charge is 2.54. The van der Waals surface area contributed by atoms with E-state index in [0.717, 1.165) is 54.9 Å². The second-order valence-electron chi connectivity index (χ2n) is 10.2. The van der Waals surface area contributed by atoms with E-state index in [2.05, 4.69) is 18.3 Å². The predicted octanol–water partition coefficient (Wildman–Crippen LogP) is 5.24. The maximum atomic E-state index is 10.7. The molecule has 172 valence electrons. The van der Waals surface area contributed by atoms with Gasteiger partial charge >= 0.3 is 0 Å². The molecule has 3 aliphatic carbocycles. The van der Waals surface area contributed by atoms with Gasteiger partial charge in [-0.2, -0.15) is 0 Å². The maximum Gasteiger partial charge on any atom is 0.124 e. The van der Waals surface area contributed by atoms with E-state index in [0.29, 0.717) is 30.0 Å². The Balaban J connectivity index is 1.39. The highest BCUT2D eigenvalue weighted by Crippen LogP contribution is 2.61. The molecular weight excluding hydrogens is 402 g/mol. The lowest BCUT2D eigenvalue weighted by atomic mass is 9.55. The van der Waals surface area contributed by atoms with Gasteiger partial charge in [0.05, 0.1) is 20.3 Å². The van der Waals surface area contributed by atoms with E-state index >= 15 is 0 Å². The quantitative estimate of drug-likeness (QED) is 0.597. The number of aliphatic hydroxyl groups is 1. The molecule has 5 atom stereocenters. The van der Waals surface area contributed by atoms with Crippen molar-refractivity contribution in [2.45, 2.75) is 64.0 Å². The number of phenols is 1. The van der Waals surface area contributed by atoms with Crippen LogP contribution in [0, 0.1) is 17.3 Å². The Hall–Kier alpha value is -2.40. The van der Waals surface area contributed by atoms with E-state index in [9.17, 15) is 10.2 Å². The molecule has 0 saturated heterocycles. The van der Waals surface area contributed by atoms with Crippen molar-refractivity contribution in [3.8, 4) is 17.2 Å². The van der Waals surface area contributed by atoms with Crippen LogP contribution in [0.3, 0.4) is 0 Å². The normalized spacial score (nSPS) is 30.8. The second kappa shape index (κ2) is 8.18. The van der Waals surface area contributed by atoms with E-state index in [1.165, 1.54) is 17.5 Å². The molecule has 5 rings (SSSR count). The number of fused-ring (bicyclic) bond motifs is 5. The van der Waals surface area contributed by atoms with E-state index in [1.807, 2.05) is 24.3 Å². The Morgan fingerprint density at radius 2 is 1.75 bits per heavy atom. The van der Waals surface area contributed by atoms with Crippen molar-refractivity contribution in [2.24, 2.45) is 17.3 Å². The predicted molar refractivity (Wildman–Crippen MR) is 126 cm³/mol. The zero-order valence-corrected chi connectivity index (χ0v) is 19.4. The van der Waals surface area contributed by atoms with Crippen molar-refractivity contribution >= 4 is 5.69 Å². The van der Waals surface area contributed by atoms with E-state index in [4.69, 9.17) is 9.47 Å². The molecule has 0 bridgehead atoms. The monoisotopic (exact) mass is 437 g/mol. The largest absolute Gasteiger partial charge is 0.508 e. The molecule has 2 aromatic carbocycles. The van der Waals surface area contributed by atoms with Gasteiger partial charge in [0, 0.05) is 36.0 Å². The van der Waals surface area contributed by atoms with E-state index < -0.39 is 0 Å². The third-order valence-electron chi connectivity index (χ3n) is 8.71. The summed E-state index contributed by atoms with van der Waals surface area (Å²) in [4.78, 5) is 0. The van der Waals surface area contributed by atoms with Crippen molar-refractivity contribution < 1.29 is 19.7 Å². The van der Waals surface area contributed by atoms with Crippen LogP contribution < -0.4 is 14.8 Å². The number of hydrogen-bond donors (Lipinski definition) is 3. The Morgan fingerprint density at radius 1 is 1.00 bits per heavy atom. The van der Waals surface area contributed by atoms with E-state index in [1.54, 1.807) is 14.2 Å². The van der Waals surface area contributed by atoms with Crippen molar-refractivity contribution in [3.63, 3.8) is 0 Å². The molecule has 3 aliphatic rings. The number of rotatable bonds is 5. The third-order valence-corrected chi connectivity index (χ3v) is 8.71. The summed E-state index contributed by atoms with van der Waals surface area (Å²) in [5.41, 5.74) is 4.63. The average Bonchev–Trinajstić information content (AvgIpc) is 3.11. The first-order valence-corrected chi connectivity index (χ1v) is 11.9. The SMILES string of the molecule is COc1cc(NCc2cc3c(cc2O)CC[C@@H]2[C@@H]3CC[C@]3(C)[C@@H](O)CC[C@@H]23)cc(OC)c1. The number of anilines is 1. The summed E-state index contributed by atoms with van der Waals surface area (Å²) in [6.45, 7) is 2.85. The summed E-state index contributed by atoms with van der Waals surface area (Å²) in [6, 6.07) is 9.94. The lowest BCUT2D eigenvalue weighted by Crippen LogP contribution is -2.43. The first-order valence-electron chi connectivity index (χ1n) is 11.9. The zero-order chi connectivity index (χ0) is 22.5. The minimum absolute atomic E-state index is 0.0887. The average molecular weight is 438 g/mol. The molecule has 3 N–H and O–H groups in total. The summed E-state index contributed by atoms with van der Waals surface area (Å²) in [5, 5.41) is 24.8. The molecule has 0 aliphatic heterocycles. The van der Waals surface area contributed by atoms with Crippen LogP contribution in [0.15, 0.2) is 30.3 Å². The first-order chi connectivity index (χ1) is 15.4. The molecule has 5 heteroatoms. The van der Waals surface area contributed by atoms with Crippen LogP contribution in [0.1, 0.15) is 61.6 Å². The van der Waals surface area contributed by atoms with Gasteiger partial charge in [0.15, 0.2) is 0 Å². The van der Waals surface area contributed by atoms with Gasteiger partial charge in [-0.15, -0.1) is 0 Å². The standard InChI is InChI=1S/C27H35NO4/c1-27-9-8-21-22(24(27)6-7-26(27)30)5-4-16-11-25(29)17(10-23(16)21)15-28-18-12-19(31-2)14-20(13-18)32-3/h10-14,21-22,24,26,28-30H,4-9,15H2,1-3H3/t21-,22+,24-,26-,27-/m0/s1. The first kappa shape index (κ1) is 21.4. The third kappa shape index (κ3) is 3.51. The van der Waals surface area contributed by atoms with Gasteiger partial charge in [-0.25, -0.2) is 0 Å². The molecule has 0 radical (unpaired) electrons. The summed E-state index contributed by atoms with van der Waals surface area (Å²) < 4.78 is 10.7. The lowest BCUT2D eigenvalue weighted by Gasteiger charge is -2.50. The Labute approximate surface area is 190 Å². The number of aromatic hydroxyl groups is 1. The summed E-state index contributed by atoms with van der Waals surface area (Å²) >= 11 is 0. The molecule has 5 nitrogen and oxygen atoms in total. The van der Waals surface area contributed by atoms with Crippen LogP contribution in [0.5, 0.6) is 17.2 Å². The molecule has 32 heavy (non-hydrogen) atoms. The van der Waals surface area contributed by atoms with Crippen LogP contribution >= 0.6 is 0 Å². The molecule has 0 spiro atoms. The number of aliphatic hydroxyl groups excluding tert-OH is 1.